The van der Waals surface area contributed by atoms with Crippen molar-refractivity contribution in [3.63, 3.8) is 0 Å². The highest BCUT2D eigenvalue weighted by molar-refractivity contribution is 7.86. The zero-order chi connectivity index (χ0) is 20.3. The van der Waals surface area contributed by atoms with Crippen LogP contribution in [0.1, 0.15) is 73.1 Å². The number of unbranched alkanes of at least 4 members (excludes halogenated alkanes) is 5. The molecule has 0 N–H and O–H groups in total. The SMILES string of the molecule is CCCCCCCCP(=O)(C(=O)N(CC(C)C)CC(C)C)c1ccccc1. The molecule has 1 unspecified atom stereocenters. The molecular formula is C23H40NO2P. The lowest BCUT2D eigenvalue weighted by Crippen LogP contribution is -2.38. The van der Waals surface area contributed by atoms with Crippen molar-refractivity contribution >= 4 is 18.1 Å². The van der Waals surface area contributed by atoms with E-state index in [1.54, 1.807) is 0 Å². The Kier molecular flexibility index (Phi) is 11.0. The summed E-state index contributed by atoms with van der Waals surface area (Å²) in [6, 6.07) is 9.46. The zero-order valence-corrected chi connectivity index (χ0v) is 19.0. The van der Waals surface area contributed by atoms with Gasteiger partial charge in [-0.05, 0) is 18.3 Å². The summed E-state index contributed by atoms with van der Waals surface area (Å²) in [7, 11) is -3.10. The first kappa shape index (κ1) is 24.0. The summed E-state index contributed by atoms with van der Waals surface area (Å²) in [6.45, 7) is 12.0. The van der Waals surface area contributed by atoms with Crippen LogP contribution < -0.4 is 5.30 Å². The molecule has 0 bridgehead atoms. The molecule has 1 amide bonds. The minimum atomic E-state index is -3.10. The van der Waals surface area contributed by atoms with Crippen LogP contribution in [0.25, 0.3) is 0 Å². The predicted molar refractivity (Wildman–Crippen MR) is 119 cm³/mol. The molecule has 0 spiro atoms. The summed E-state index contributed by atoms with van der Waals surface area (Å²) in [5.74, 6) is 0.733. The van der Waals surface area contributed by atoms with Gasteiger partial charge in [-0.25, -0.2) is 0 Å². The molecule has 0 aliphatic heterocycles. The van der Waals surface area contributed by atoms with Gasteiger partial charge in [0, 0.05) is 24.6 Å². The molecule has 1 atom stereocenters. The van der Waals surface area contributed by atoms with Crippen LogP contribution in [0.3, 0.4) is 0 Å². The molecule has 0 saturated carbocycles. The highest BCUT2D eigenvalue weighted by atomic mass is 31.2. The lowest BCUT2D eigenvalue weighted by molar-refractivity contribution is 0.205. The summed E-state index contributed by atoms with van der Waals surface area (Å²) in [5.41, 5.74) is -0.135. The predicted octanol–water partition coefficient (Wildman–Crippen LogP) is 6.77. The average molecular weight is 394 g/mol. The van der Waals surface area contributed by atoms with Gasteiger partial charge in [-0.3, -0.25) is 4.79 Å². The van der Waals surface area contributed by atoms with Gasteiger partial charge in [-0.2, -0.15) is 0 Å². The third kappa shape index (κ3) is 8.21. The van der Waals surface area contributed by atoms with Crippen LogP contribution in [0.15, 0.2) is 30.3 Å². The van der Waals surface area contributed by atoms with Crippen LogP contribution in [-0.2, 0) is 4.57 Å². The Bertz CT molecular complexity index is 573. The number of rotatable bonds is 13. The molecule has 3 nitrogen and oxygen atoms in total. The molecular weight excluding hydrogens is 353 g/mol. The molecule has 0 radical (unpaired) electrons. The monoisotopic (exact) mass is 393 g/mol. The van der Waals surface area contributed by atoms with E-state index in [0.29, 0.717) is 31.1 Å². The molecule has 1 aromatic carbocycles. The van der Waals surface area contributed by atoms with Gasteiger partial charge in [0.15, 0.2) is 7.14 Å². The third-order valence-electron chi connectivity index (χ3n) is 4.75. The second kappa shape index (κ2) is 12.4. The van der Waals surface area contributed by atoms with Crippen LogP contribution in [0.5, 0.6) is 0 Å². The molecule has 27 heavy (non-hydrogen) atoms. The van der Waals surface area contributed by atoms with Crippen LogP contribution >= 0.6 is 7.14 Å². The van der Waals surface area contributed by atoms with E-state index in [9.17, 15) is 9.36 Å². The van der Waals surface area contributed by atoms with Gasteiger partial charge in [0.2, 0.25) is 0 Å². The normalized spacial score (nSPS) is 13.7. The van der Waals surface area contributed by atoms with Crippen molar-refractivity contribution in [3.8, 4) is 0 Å². The minimum Gasteiger partial charge on any atom is -0.336 e. The quantitative estimate of drug-likeness (QED) is 0.274. The molecule has 0 aliphatic rings. The van der Waals surface area contributed by atoms with E-state index in [2.05, 4.69) is 34.6 Å². The summed E-state index contributed by atoms with van der Waals surface area (Å²) in [4.78, 5) is 15.3. The first-order chi connectivity index (χ1) is 12.8. The number of hydrogen-bond donors (Lipinski definition) is 0. The Labute approximate surface area is 167 Å². The number of hydrogen-bond acceptors (Lipinski definition) is 2. The van der Waals surface area contributed by atoms with Gasteiger partial charge in [-0.1, -0.05) is 97.1 Å². The van der Waals surface area contributed by atoms with E-state index < -0.39 is 7.14 Å². The fourth-order valence-electron chi connectivity index (χ4n) is 3.46. The first-order valence-electron chi connectivity index (χ1n) is 10.7. The molecule has 0 fully saturated rings. The highest BCUT2D eigenvalue weighted by Gasteiger charge is 2.37. The Morgan fingerprint density at radius 3 is 1.93 bits per heavy atom. The fraction of sp³-hybridized carbons (Fsp3) is 0.696. The maximum absolute atomic E-state index is 14.0. The van der Waals surface area contributed by atoms with Crippen molar-refractivity contribution in [2.24, 2.45) is 11.8 Å². The summed E-state index contributed by atoms with van der Waals surface area (Å²) >= 11 is 0. The Morgan fingerprint density at radius 1 is 0.889 bits per heavy atom. The molecule has 1 aromatic rings. The number of carbonyl (C=O) groups excluding carboxylic acids is 1. The van der Waals surface area contributed by atoms with Gasteiger partial charge in [0.25, 0.3) is 5.65 Å². The van der Waals surface area contributed by atoms with Gasteiger partial charge >= 0.3 is 0 Å². The van der Waals surface area contributed by atoms with Crippen molar-refractivity contribution in [2.45, 2.75) is 73.1 Å². The van der Waals surface area contributed by atoms with Crippen molar-refractivity contribution in [3.05, 3.63) is 30.3 Å². The van der Waals surface area contributed by atoms with Crippen molar-refractivity contribution < 1.29 is 9.36 Å². The first-order valence-corrected chi connectivity index (χ1v) is 12.6. The minimum absolute atomic E-state index is 0.135. The highest BCUT2D eigenvalue weighted by Crippen LogP contribution is 2.48. The molecule has 0 saturated heterocycles. The van der Waals surface area contributed by atoms with Crippen molar-refractivity contribution in [1.82, 2.24) is 4.90 Å². The molecule has 0 heterocycles. The third-order valence-corrected chi connectivity index (χ3v) is 7.73. The number of benzene rings is 1. The van der Waals surface area contributed by atoms with Crippen molar-refractivity contribution in [1.29, 1.82) is 0 Å². The molecule has 154 valence electrons. The van der Waals surface area contributed by atoms with Gasteiger partial charge in [0.1, 0.15) is 0 Å². The smallest absolute Gasteiger partial charge is 0.285 e. The second-order valence-electron chi connectivity index (χ2n) is 8.54. The second-order valence-corrected chi connectivity index (χ2v) is 11.4. The van der Waals surface area contributed by atoms with E-state index in [1.807, 2.05) is 35.2 Å². The Morgan fingerprint density at radius 2 is 1.41 bits per heavy atom. The Hall–Kier alpha value is -1.08. The van der Waals surface area contributed by atoms with E-state index >= 15 is 0 Å². The lowest BCUT2D eigenvalue weighted by Gasteiger charge is -2.30. The Balaban J connectivity index is 2.98. The van der Waals surface area contributed by atoms with Crippen molar-refractivity contribution in [2.75, 3.05) is 19.3 Å². The lowest BCUT2D eigenvalue weighted by atomic mass is 10.1. The number of nitrogens with zero attached hydrogens (tertiary/aromatic N) is 1. The van der Waals surface area contributed by atoms with Crippen LogP contribution in [0, 0.1) is 11.8 Å². The number of amides is 1. The topological polar surface area (TPSA) is 37.4 Å². The van der Waals surface area contributed by atoms with Crippen LogP contribution in [0.2, 0.25) is 0 Å². The molecule has 1 rings (SSSR count). The van der Waals surface area contributed by atoms with E-state index in [0.717, 1.165) is 18.1 Å². The summed E-state index contributed by atoms with van der Waals surface area (Å²) in [6.07, 6.45) is 7.28. The summed E-state index contributed by atoms with van der Waals surface area (Å²) < 4.78 is 14.0. The van der Waals surface area contributed by atoms with Gasteiger partial charge in [-0.15, -0.1) is 0 Å². The summed E-state index contributed by atoms with van der Waals surface area (Å²) in [5, 5.41) is 0.723. The van der Waals surface area contributed by atoms with Crippen LogP contribution in [0.4, 0.5) is 4.79 Å². The zero-order valence-electron chi connectivity index (χ0n) is 18.1. The van der Waals surface area contributed by atoms with Gasteiger partial charge < -0.3 is 9.46 Å². The van der Waals surface area contributed by atoms with Gasteiger partial charge in [0.05, 0.1) is 0 Å². The molecule has 0 aromatic heterocycles. The fourth-order valence-corrected chi connectivity index (χ4v) is 6.07. The average Bonchev–Trinajstić information content (AvgIpc) is 2.63. The standard InChI is InChI=1S/C23H40NO2P/c1-6-7-8-9-10-14-17-27(26,22-15-12-11-13-16-22)23(25)24(18-20(2)3)19-21(4)5/h11-13,15-16,20-21H,6-10,14,17-19H2,1-5H3. The van der Waals surface area contributed by atoms with E-state index in [-0.39, 0.29) is 5.65 Å². The molecule has 0 aliphatic carbocycles. The maximum atomic E-state index is 14.0. The molecule has 4 heteroatoms. The number of carbonyl (C=O) groups is 1. The van der Waals surface area contributed by atoms with E-state index in [1.165, 1.54) is 25.7 Å². The maximum Gasteiger partial charge on any atom is 0.285 e. The van der Waals surface area contributed by atoms with E-state index in [4.69, 9.17) is 0 Å². The van der Waals surface area contributed by atoms with Crippen LogP contribution in [-0.4, -0.2) is 29.8 Å². The largest absolute Gasteiger partial charge is 0.336 e.